The Morgan fingerprint density at radius 1 is 0.906 bits per heavy atom. The molecule has 0 radical (unpaired) electrons. The maximum Gasteiger partial charge on any atom is 0.336 e. The Morgan fingerprint density at radius 2 is 1.50 bits per heavy atom. The highest BCUT2D eigenvalue weighted by Crippen LogP contribution is 2.42. The van der Waals surface area contributed by atoms with Crippen LogP contribution in [0.3, 0.4) is 0 Å². The van der Waals surface area contributed by atoms with Gasteiger partial charge in [-0.2, -0.15) is 0 Å². The van der Waals surface area contributed by atoms with Gasteiger partial charge in [0, 0.05) is 29.0 Å². The molecule has 0 unspecified atom stereocenters. The van der Waals surface area contributed by atoms with Gasteiger partial charge in [-0.15, -0.1) is 0 Å². The van der Waals surface area contributed by atoms with Gasteiger partial charge in [-0.1, -0.05) is 60.7 Å². The Kier molecular flexibility index (Phi) is 7.60. The molecule has 0 aliphatic carbocycles. The van der Waals surface area contributed by atoms with Crippen LogP contribution in [0.15, 0.2) is 83.7 Å². The van der Waals surface area contributed by atoms with Gasteiger partial charge in [-0.3, -0.25) is 9.59 Å². The number of carbonyl (C=O) groups excluding carboxylic acids is 3. The van der Waals surface area contributed by atoms with Crippen LogP contribution in [-0.4, -0.2) is 30.9 Å². The molecule has 0 bridgehead atoms. The van der Waals surface area contributed by atoms with Crippen LogP contribution in [-0.2, 0) is 19.1 Å². The van der Waals surface area contributed by atoms with Gasteiger partial charge < -0.3 is 14.8 Å². The zero-order chi connectivity index (χ0) is 23.1. The SMILES string of the molecule is CCOC(=O)C1=C(C)N/C(=C\C(=O)c2ccccc2)[C@@H](C(=O)OCC)[C@@H]1c1ccccc1. The smallest absolute Gasteiger partial charge is 0.336 e. The lowest BCUT2D eigenvalue weighted by molar-refractivity contribution is -0.147. The number of ether oxygens (including phenoxy) is 2. The standard InChI is InChI=1S/C26H27NO5/c1-4-31-25(29)22-17(3)27-20(16-21(28)18-12-8-6-9-13-18)24(26(30)32-5-2)23(22)19-14-10-7-11-15-19/h6-16,23-24,27H,4-5H2,1-3H3/b20-16-/t23-,24-/m1/s1. The van der Waals surface area contributed by atoms with Crippen molar-refractivity contribution in [1.29, 1.82) is 0 Å². The number of allylic oxidation sites excluding steroid dienone is 2. The van der Waals surface area contributed by atoms with Gasteiger partial charge in [0.05, 0.1) is 18.8 Å². The molecule has 0 spiro atoms. The van der Waals surface area contributed by atoms with Crippen molar-refractivity contribution in [3.8, 4) is 0 Å². The molecule has 166 valence electrons. The molecule has 0 saturated heterocycles. The minimum Gasteiger partial charge on any atom is -0.465 e. The predicted octanol–water partition coefficient (Wildman–Crippen LogP) is 4.16. The van der Waals surface area contributed by atoms with Crippen LogP contribution in [0, 0.1) is 5.92 Å². The van der Waals surface area contributed by atoms with Gasteiger partial charge in [0.2, 0.25) is 0 Å². The molecule has 1 aliphatic rings. The highest BCUT2D eigenvalue weighted by atomic mass is 16.5. The predicted molar refractivity (Wildman–Crippen MR) is 121 cm³/mol. The van der Waals surface area contributed by atoms with Crippen molar-refractivity contribution in [3.63, 3.8) is 0 Å². The number of hydrogen-bond donors (Lipinski definition) is 1. The highest BCUT2D eigenvalue weighted by molar-refractivity contribution is 6.05. The van der Waals surface area contributed by atoms with Crippen LogP contribution in [0.4, 0.5) is 0 Å². The Bertz CT molecular complexity index is 1040. The third kappa shape index (κ3) is 4.97. The third-order valence-electron chi connectivity index (χ3n) is 5.25. The largest absolute Gasteiger partial charge is 0.465 e. The Hall–Kier alpha value is -3.67. The summed E-state index contributed by atoms with van der Waals surface area (Å²) in [6.07, 6.45) is 1.41. The zero-order valence-corrected chi connectivity index (χ0v) is 18.5. The van der Waals surface area contributed by atoms with Crippen molar-refractivity contribution in [2.24, 2.45) is 5.92 Å². The van der Waals surface area contributed by atoms with Crippen LogP contribution >= 0.6 is 0 Å². The highest BCUT2D eigenvalue weighted by Gasteiger charge is 2.43. The summed E-state index contributed by atoms with van der Waals surface area (Å²) in [5, 5.41) is 3.11. The Balaban J connectivity index is 2.18. The second kappa shape index (κ2) is 10.6. The quantitative estimate of drug-likeness (QED) is 0.401. The van der Waals surface area contributed by atoms with E-state index in [-0.39, 0.29) is 19.0 Å². The van der Waals surface area contributed by atoms with Gasteiger partial charge in [-0.25, -0.2) is 4.79 Å². The topological polar surface area (TPSA) is 81.7 Å². The molecule has 2 aromatic rings. The van der Waals surface area contributed by atoms with Gasteiger partial charge in [-0.05, 0) is 26.3 Å². The number of ketones is 1. The molecule has 6 nitrogen and oxygen atoms in total. The van der Waals surface area contributed by atoms with E-state index in [1.54, 1.807) is 45.0 Å². The number of nitrogens with one attached hydrogen (secondary N) is 1. The van der Waals surface area contributed by atoms with E-state index in [4.69, 9.17) is 9.47 Å². The molecule has 32 heavy (non-hydrogen) atoms. The summed E-state index contributed by atoms with van der Waals surface area (Å²) < 4.78 is 10.7. The lowest BCUT2D eigenvalue weighted by Crippen LogP contribution is -2.40. The molecule has 0 amide bonds. The minimum absolute atomic E-state index is 0.175. The number of benzene rings is 2. The molecule has 1 heterocycles. The summed E-state index contributed by atoms with van der Waals surface area (Å²) in [7, 11) is 0. The second-order valence-corrected chi connectivity index (χ2v) is 7.33. The van der Waals surface area contributed by atoms with Gasteiger partial charge in [0.1, 0.15) is 5.92 Å². The minimum atomic E-state index is -0.909. The molecular formula is C26H27NO5. The van der Waals surface area contributed by atoms with E-state index in [2.05, 4.69) is 5.32 Å². The number of hydrogen-bond acceptors (Lipinski definition) is 6. The summed E-state index contributed by atoms with van der Waals surface area (Å²) in [5.74, 6) is -2.84. The zero-order valence-electron chi connectivity index (χ0n) is 18.5. The maximum absolute atomic E-state index is 13.2. The van der Waals surface area contributed by atoms with E-state index in [0.29, 0.717) is 22.5 Å². The van der Waals surface area contributed by atoms with Crippen LogP contribution in [0.25, 0.3) is 0 Å². The van der Waals surface area contributed by atoms with E-state index < -0.39 is 23.8 Å². The average molecular weight is 434 g/mol. The normalized spacial score (nSPS) is 19.3. The van der Waals surface area contributed by atoms with Crippen molar-refractivity contribution in [2.75, 3.05) is 13.2 Å². The molecule has 0 saturated carbocycles. The molecule has 0 fully saturated rings. The Morgan fingerprint density at radius 3 is 2.09 bits per heavy atom. The summed E-state index contributed by atoms with van der Waals surface area (Å²) in [4.78, 5) is 39.0. The second-order valence-electron chi connectivity index (χ2n) is 7.33. The summed E-state index contributed by atoms with van der Waals surface area (Å²) in [6, 6.07) is 18.1. The molecule has 2 atom stereocenters. The van der Waals surface area contributed by atoms with Crippen molar-refractivity contribution in [1.82, 2.24) is 5.32 Å². The molecule has 1 aliphatic heterocycles. The van der Waals surface area contributed by atoms with Crippen molar-refractivity contribution >= 4 is 17.7 Å². The van der Waals surface area contributed by atoms with Gasteiger partial charge in [0.15, 0.2) is 5.78 Å². The van der Waals surface area contributed by atoms with E-state index in [1.807, 2.05) is 36.4 Å². The summed E-state index contributed by atoms with van der Waals surface area (Å²) >= 11 is 0. The molecule has 6 heteroatoms. The maximum atomic E-state index is 13.2. The first-order valence-corrected chi connectivity index (χ1v) is 10.6. The van der Waals surface area contributed by atoms with Crippen LogP contribution in [0.1, 0.15) is 42.6 Å². The number of rotatable bonds is 7. The molecule has 1 N–H and O–H groups in total. The molecule has 0 aromatic heterocycles. The van der Waals surface area contributed by atoms with Crippen LogP contribution in [0.5, 0.6) is 0 Å². The van der Waals surface area contributed by atoms with Gasteiger partial charge >= 0.3 is 11.9 Å². The van der Waals surface area contributed by atoms with Crippen molar-refractivity contribution < 1.29 is 23.9 Å². The first-order chi connectivity index (χ1) is 15.5. The third-order valence-corrected chi connectivity index (χ3v) is 5.25. The molecular weight excluding hydrogens is 406 g/mol. The monoisotopic (exact) mass is 433 g/mol. The molecule has 3 rings (SSSR count). The first-order valence-electron chi connectivity index (χ1n) is 10.6. The fourth-order valence-corrected chi connectivity index (χ4v) is 3.90. The number of esters is 2. The van der Waals surface area contributed by atoms with Crippen LogP contribution < -0.4 is 5.32 Å². The van der Waals surface area contributed by atoms with E-state index in [9.17, 15) is 14.4 Å². The van der Waals surface area contributed by atoms with Crippen molar-refractivity contribution in [3.05, 3.63) is 94.8 Å². The first kappa shape index (κ1) is 23.0. The lowest BCUT2D eigenvalue weighted by atomic mass is 9.75. The summed E-state index contributed by atoms with van der Waals surface area (Å²) in [6.45, 7) is 5.57. The Labute approximate surface area is 187 Å². The molecule has 2 aromatic carbocycles. The number of carbonyl (C=O) groups is 3. The lowest BCUT2D eigenvalue weighted by Gasteiger charge is -2.35. The van der Waals surface area contributed by atoms with E-state index in [0.717, 1.165) is 5.56 Å². The fraction of sp³-hybridized carbons (Fsp3) is 0.269. The van der Waals surface area contributed by atoms with E-state index in [1.165, 1.54) is 6.08 Å². The van der Waals surface area contributed by atoms with Crippen LogP contribution in [0.2, 0.25) is 0 Å². The van der Waals surface area contributed by atoms with Crippen molar-refractivity contribution in [2.45, 2.75) is 26.7 Å². The average Bonchev–Trinajstić information content (AvgIpc) is 2.80. The van der Waals surface area contributed by atoms with E-state index >= 15 is 0 Å². The summed E-state index contributed by atoms with van der Waals surface area (Å²) in [5.41, 5.74) is 2.52. The fourth-order valence-electron chi connectivity index (χ4n) is 3.90. The van der Waals surface area contributed by atoms with Gasteiger partial charge in [0.25, 0.3) is 0 Å².